The average Bonchev–Trinajstić information content (AvgIpc) is 3.42. The summed E-state index contributed by atoms with van der Waals surface area (Å²) in [5.41, 5.74) is 9.46. The highest BCUT2D eigenvalue weighted by Gasteiger charge is 2.44. The summed E-state index contributed by atoms with van der Waals surface area (Å²) in [5, 5.41) is 7.69. The van der Waals surface area contributed by atoms with Crippen LogP contribution in [-0.2, 0) is 11.2 Å². The van der Waals surface area contributed by atoms with Crippen LogP contribution in [0.2, 0.25) is 0 Å². The third kappa shape index (κ3) is 3.80. The van der Waals surface area contributed by atoms with Gasteiger partial charge in [0, 0.05) is 17.2 Å². The second-order valence-corrected chi connectivity index (χ2v) is 8.24. The maximum Gasteiger partial charge on any atom is 0.414 e. The highest BCUT2D eigenvalue weighted by Crippen LogP contribution is 2.40. The van der Waals surface area contributed by atoms with Gasteiger partial charge in [0.15, 0.2) is 6.10 Å². The molecule has 1 aliphatic carbocycles. The number of amides is 1. The molecule has 5 rings (SSSR count). The highest BCUT2D eigenvalue weighted by molar-refractivity contribution is 5.97. The summed E-state index contributed by atoms with van der Waals surface area (Å²) in [6, 6.07) is 25.2. The minimum Gasteiger partial charge on any atom is -0.486 e. The molecule has 0 saturated carbocycles. The van der Waals surface area contributed by atoms with Gasteiger partial charge < -0.3 is 15.2 Å². The second kappa shape index (κ2) is 8.38. The van der Waals surface area contributed by atoms with Crippen molar-refractivity contribution < 1.29 is 14.3 Å². The number of benzene rings is 3. The Morgan fingerprint density at radius 1 is 1.06 bits per heavy atom. The van der Waals surface area contributed by atoms with Crippen molar-refractivity contribution in [3.63, 3.8) is 0 Å². The van der Waals surface area contributed by atoms with Crippen LogP contribution in [0.1, 0.15) is 29.0 Å². The monoisotopic (exact) mass is 427 g/mol. The number of nitrogens with one attached hydrogen (secondary N) is 1. The van der Waals surface area contributed by atoms with Crippen LogP contribution >= 0.6 is 0 Å². The Balaban J connectivity index is 1.45. The third-order valence-electron chi connectivity index (χ3n) is 6.26. The predicted octanol–water partition coefficient (Wildman–Crippen LogP) is 4.47. The molecule has 0 aromatic heterocycles. The van der Waals surface area contributed by atoms with E-state index in [1.54, 1.807) is 23.1 Å². The summed E-state index contributed by atoms with van der Waals surface area (Å²) >= 11 is 0. The van der Waals surface area contributed by atoms with Crippen LogP contribution in [0.4, 0.5) is 10.5 Å². The van der Waals surface area contributed by atoms with Gasteiger partial charge in [-0.05, 0) is 48.2 Å². The van der Waals surface area contributed by atoms with Crippen LogP contribution < -0.4 is 15.4 Å². The molecule has 1 aliphatic heterocycles. The summed E-state index contributed by atoms with van der Waals surface area (Å²) in [6.45, 7) is 0.371. The molecular formula is C26H25N3O3. The number of cyclic esters (lactones) is 1. The molecule has 1 fully saturated rings. The molecule has 1 saturated heterocycles. The average molecular weight is 428 g/mol. The first kappa shape index (κ1) is 20.1. The lowest BCUT2D eigenvalue weighted by Crippen LogP contribution is -2.39. The molecule has 3 aromatic carbocycles. The fourth-order valence-electron chi connectivity index (χ4n) is 4.71. The van der Waals surface area contributed by atoms with Crippen LogP contribution in [0.5, 0.6) is 5.75 Å². The Hall–Kier alpha value is -3.80. The maximum atomic E-state index is 12.8. The maximum absolute atomic E-state index is 12.8. The lowest BCUT2D eigenvalue weighted by atomic mass is 9.91. The van der Waals surface area contributed by atoms with Crippen LogP contribution in [0.15, 0.2) is 78.9 Å². The van der Waals surface area contributed by atoms with Crippen molar-refractivity contribution in [3.8, 4) is 5.75 Å². The minimum absolute atomic E-state index is 0.0381. The number of hydrogen-bond acceptors (Lipinski definition) is 4. The van der Waals surface area contributed by atoms with E-state index in [1.165, 1.54) is 11.1 Å². The molecule has 1 heterocycles. The smallest absolute Gasteiger partial charge is 0.414 e. The van der Waals surface area contributed by atoms with Crippen molar-refractivity contribution in [3.05, 3.63) is 95.6 Å². The number of nitrogens with two attached hydrogens (primary N) is 1. The fraction of sp³-hybridized carbons (Fsp3) is 0.231. The van der Waals surface area contributed by atoms with Gasteiger partial charge in [-0.15, -0.1) is 0 Å². The molecule has 162 valence electrons. The zero-order valence-corrected chi connectivity index (χ0v) is 17.6. The number of rotatable bonds is 6. The number of nitrogen functional groups attached to an aromatic ring is 1. The Kier molecular flexibility index (Phi) is 5.27. The van der Waals surface area contributed by atoms with E-state index >= 15 is 0 Å². The normalized spacial score (nSPS) is 20.5. The van der Waals surface area contributed by atoms with Crippen LogP contribution in [0.3, 0.4) is 0 Å². The molecule has 6 heteroatoms. The number of carbonyl (C=O) groups excluding carboxylic acids is 1. The molecule has 6 nitrogen and oxygen atoms in total. The zero-order valence-electron chi connectivity index (χ0n) is 17.6. The van der Waals surface area contributed by atoms with Crippen molar-refractivity contribution in [2.24, 2.45) is 5.73 Å². The summed E-state index contributed by atoms with van der Waals surface area (Å²) in [4.78, 5) is 14.4. The lowest BCUT2D eigenvalue weighted by Gasteiger charge is -2.29. The Labute approximate surface area is 187 Å². The minimum atomic E-state index is -0.431. The van der Waals surface area contributed by atoms with Gasteiger partial charge in [-0.3, -0.25) is 10.3 Å². The van der Waals surface area contributed by atoms with Crippen molar-refractivity contribution in [1.82, 2.24) is 0 Å². The largest absolute Gasteiger partial charge is 0.486 e. The second-order valence-electron chi connectivity index (χ2n) is 8.24. The molecule has 3 N–H and O–H groups in total. The van der Waals surface area contributed by atoms with E-state index in [0.717, 1.165) is 18.6 Å². The third-order valence-corrected chi connectivity index (χ3v) is 6.26. The number of fused-ring (bicyclic) bond motifs is 1. The van der Waals surface area contributed by atoms with Crippen molar-refractivity contribution in [2.75, 3.05) is 11.4 Å². The number of aryl methyl sites for hydroxylation is 1. The van der Waals surface area contributed by atoms with E-state index in [9.17, 15) is 4.79 Å². The summed E-state index contributed by atoms with van der Waals surface area (Å²) in [6.07, 6.45) is 0.778. The Morgan fingerprint density at radius 3 is 2.66 bits per heavy atom. The predicted molar refractivity (Wildman–Crippen MR) is 123 cm³/mol. The molecule has 0 bridgehead atoms. The van der Waals surface area contributed by atoms with E-state index in [4.69, 9.17) is 20.6 Å². The Bertz CT molecular complexity index is 1150. The molecule has 3 atom stereocenters. The topological polar surface area (TPSA) is 88.6 Å². The summed E-state index contributed by atoms with van der Waals surface area (Å²) < 4.78 is 12.3. The molecular weight excluding hydrogens is 402 g/mol. The lowest BCUT2D eigenvalue weighted by molar-refractivity contribution is 0.0325. The summed E-state index contributed by atoms with van der Waals surface area (Å²) in [5.74, 6) is 0.853. The molecule has 3 unspecified atom stereocenters. The highest BCUT2D eigenvalue weighted by atomic mass is 16.6. The number of ether oxygens (including phenoxy) is 2. The molecule has 2 aliphatic rings. The molecule has 0 radical (unpaired) electrons. The van der Waals surface area contributed by atoms with Gasteiger partial charge in [-0.1, -0.05) is 54.6 Å². The number of hydrogen-bond donors (Lipinski definition) is 2. The number of nitrogens with zero attached hydrogens (tertiary/aromatic N) is 1. The molecule has 0 spiro atoms. The van der Waals surface area contributed by atoms with Crippen molar-refractivity contribution in [2.45, 2.75) is 31.0 Å². The SMILES string of the molecule is N=C(N)c1cccc(N2CC(C(Oc3ccccc3)C3CCc4ccccc43)OC2=O)c1. The van der Waals surface area contributed by atoms with Crippen LogP contribution in [0, 0.1) is 5.41 Å². The molecule has 32 heavy (non-hydrogen) atoms. The van der Waals surface area contributed by atoms with E-state index in [1.807, 2.05) is 36.4 Å². The van der Waals surface area contributed by atoms with E-state index in [2.05, 4.69) is 24.3 Å². The summed E-state index contributed by atoms with van der Waals surface area (Å²) in [7, 11) is 0. The van der Waals surface area contributed by atoms with Gasteiger partial charge in [0.2, 0.25) is 0 Å². The van der Waals surface area contributed by atoms with Gasteiger partial charge in [-0.25, -0.2) is 4.79 Å². The van der Waals surface area contributed by atoms with Crippen LogP contribution in [-0.4, -0.2) is 30.7 Å². The van der Waals surface area contributed by atoms with Gasteiger partial charge in [0.1, 0.15) is 17.7 Å². The Morgan fingerprint density at radius 2 is 1.84 bits per heavy atom. The number of carbonyl (C=O) groups is 1. The van der Waals surface area contributed by atoms with Gasteiger partial charge in [-0.2, -0.15) is 0 Å². The van der Waals surface area contributed by atoms with Crippen molar-refractivity contribution in [1.29, 1.82) is 5.41 Å². The number of anilines is 1. The van der Waals surface area contributed by atoms with Gasteiger partial charge in [0.25, 0.3) is 0 Å². The first-order valence-corrected chi connectivity index (χ1v) is 10.8. The zero-order chi connectivity index (χ0) is 22.1. The van der Waals surface area contributed by atoms with Crippen LogP contribution in [0.25, 0.3) is 0 Å². The first-order valence-electron chi connectivity index (χ1n) is 10.8. The fourth-order valence-corrected chi connectivity index (χ4v) is 4.71. The number of para-hydroxylation sites is 1. The quantitative estimate of drug-likeness (QED) is 0.449. The van der Waals surface area contributed by atoms with E-state index < -0.39 is 12.2 Å². The molecule has 3 aromatic rings. The first-order chi connectivity index (χ1) is 15.6. The standard InChI is InChI=1S/C26H25N3O3/c27-25(28)18-8-6-9-19(15-18)29-16-23(32-26(29)30)24(31-20-10-2-1-3-11-20)22-14-13-17-7-4-5-12-21(17)22/h1-12,15,22-24H,13-14,16H2,(H3,27,28). The van der Waals surface area contributed by atoms with E-state index in [-0.39, 0.29) is 17.9 Å². The van der Waals surface area contributed by atoms with Gasteiger partial charge in [0.05, 0.1) is 6.54 Å². The van der Waals surface area contributed by atoms with Gasteiger partial charge >= 0.3 is 6.09 Å². The molecule has 1 amide bonds. The number of amidine groups is 1. The van der Waals surface area contributed by atoms with Crippen molar-refractivity contribution >= 4 is 17.6 Å². The van der Waals surface area contributed by atoms with E-state index in [0.29, 0.717) is 17.8 Å².